The zero-order valence-corrected chi connectivity index (χ0v) is 10.9. The highest BCUT2D eigenvalue weighted by atomic mass is 16.5. The summed E-state index contributed by atoms with van der Waals surface area (Å²) in [7, 11) is 0. The molecule has 98 valence electrons. The molecule has 2 aliphatic heterocycles. The third-order valence-corrected chi connectivity index (χ3v) is 3.96. The van der Waals surface area contributed by atoms with Crippen LogP contribution in [0.15, 0.2) is 18.5 Å². The van der Waals surface area contributed by atoms with Crippen LogP contribution in [0.3, 0.4) is 0 Å². The van der Waals surface area contributed by atoms with Gasteiger partial charge >= 0.3 is 0 Å². The normalized spacial score (nSPS) is 27.1. The number of rotatable bonds is 3. The van der Waals surface area contributed by atoms with Crippen molar-refractivity contribution in [3.05, 3.63) is 18.5 Å². The molecule has 18 heavy (non-hydrogen) atoms. The van der Waals surface area contributed by atoms with Gasteiger partial charge in [0.05, 0.1) is 24.7 Å². The standard InChI is InChI=1S/C14H21N3O/c1-2-18-14-7-13(9-16-10-14)17-11-3-4-12(17)8-15-6-5-11/h7,9-12,15H,2-6,8H2,1H3. The van der Waals surface area contributed by atoms with Gasteiger partial charge in [-0.1, -0.05) is 0 Å². The first-order valence-electron chi connectivity index (χ1n) is 6.95. The lowest BCUT2D eigenvalue weighted by molar-refractivity contribution is 0.339. The van der Waals surface area contributed by atoms with E-state index in [1.54, 1.807) is 6.20 Å². The molecule has 2 saturated heterocycles. The predicted octanol–water partition coefficient (Wildman–Crippen LogP) is 1.81. The number of hydrogen-bond donors (Lipinski definition) is 1. The van der Waals surface area contributed by atoms with E-state index < -0.39 is 0 Å². The molecule has 0 spiro atoms. The van der Waals surface area contributed by atoms with Crippen molar-refractivity contribution in [3.8, 4) is 5.75 Å². The summed E-state index contributed by atoms with van der Waals surface area (Å²) in [4.78, 5) is 6.87. The van der Waals surface area contributed by atoms with Gasteiger partial charge in [-0.2, -0.15) is 0 Å². The number of pyridine rings is 1. The van der Waals surface area contributed by atoms with Gasteiger partial charge < -0.3 is 15.0 Å². The van der Waals surface area contributed by atoms with Crippen LogP contribution in [0.25, 0.3) is 0 Å². The fraction of sp³-hybridized carbons (Fsp3) is 0.643. The fourth-order valence-electron chi connectivity index (χ4n) is 3.20. The molecule has 0 aromatic carbocycles. The second kappa shape index (κ2) is 5.14. The molecule has 0 aliphatic carbocycles. The topological polar surface area (TPSA) is 37.4 Å². The number of hydrogen-bond acceptors (Lipinski definition) is 4. The Balaban J connectivity index is 1.86. The lowest BCUT2D eigenvalue weighted by atomic mass is 10.1. The van der Waals surface area contributed by atoms with E-state index in [0.29, 0.717) is 18.7 Å². The Morgan fingerprint density at radius 2 is 2.22 bits per heavy atom. The fourth-order valence-corrected chi connectivity index (χ4v) is 3.20. The summed E-state index contributed by atoms with van der Waals surface area (Å²) in [5.74, 6) is 0.881. The highest BCUT2D eigenvalue weighted by Crippen LogP contribution is 2.34. The Morgan fingerprint density at radius 3 is 3.11 bits per heavy atom. The molecule has 2 bridgehead atoms. The van der Waals surface area contributed by atoms with Gasteiger partial charge in [-0.25, -0.2) is 0 Å². The van der Waals surface area contributed by atoms with E-state index in [4.69, 9.17) is 4.74 Å². The second-order valence-electron chi connectivity index (χ2n) is 5.10. The van der Waals surface area contributed by atoms with E-state index in [1.807, 2.05) is 13.1 Å². The zero-order chi connectivity index (χ0) is 12.4. The first-order valence-corrected chi connectivity index (χ1v) is 6.95. The van der Waals surface area contributed by atoms with Crippen molar-refractivity contribution in [2.45, 2.75) is 38.3 Å². The van der Waals surface area contributed by atoms with E-state index in [2.05, 4.69) is 21.3 Å². The number of aromatic nitrogens is 1. The molecule has 1 N–H and O–H groups in total. The minimum absolute atomic E-state index is 0.621. The summed E-state index contributed by atoms with van der Waals surface area (Å²) >= 11 is 0. The molecular formula is C14H21N3O. The van der Waals surface area contributed by atoms with Gasteiger partial charge in [0.1, 0.15) is 5.75 Å². The average molecular weight is 247 g/mol. The molecule has 3 rings (SSSR count). The molecule has 0 saturated carbocycles. The molecule has 4 nitrogen and oxygen atoms in total. The predicted molar refractivity (Wildman–Crippen MR) is 72.2 cm³/mol. The Hall–Kier alpha value is -1.29. The number of nitrogens with one attached hydrogen (secondary N) is 1. The zero-order valence-electron chi connectivity index (χ0n) is 10.9. The second-order valence-corrected chi connectivity index (χ2v) is 5.10. The van der Waals surface area contributed by atoms with Crippen LogP contribution < -0.4 is 15.0 Å². The highest BCUT2D eigenvalue weighted by molar-refractivity contribution is 5.51. The van der Waals surface area contributed by atoms with Gasteiger partial charge in [-0.15, -0.1) is 0 Å². The van der Waals surface area contributed by atoms with Crippen molar-refractivity contribution in [2.75, 3.05) is 24.6 Å². The minimum Gasteiger partial charge on any atom is -0.492 e. The highest BCUT2D eigenvalue weighted by Gasteiger charge is 2.35. The van der Waals surface area contributed by atoms with Crippen molar-refractivity contribution >= 4 is 5.69 Å². The molecule has 3 heterocycles. The molecule has 2 unspecified atom stereocenters. The van der Waals surface area contributed by atoms with Gasteiger partial charge in [-0.3, -0.25) is 4.98 Å². The van der Waals surface area contributed by atoms with Crippen molar-refractivity contribution in [3.63, 3.8) is 0 Å². The lowest BCUT2D eigenvalue weighted by Crippen LogP contribution is -2.38. The number of anilines is 1. The summed E-state index contributed by atoms with van der Waals surface area (Å²) in [6, 6.07) is 3.42. The molecule has 1 aromatic rings. The van der Waals surface area contributed by atoms with Crippen molar-refractivity contribution in [2.24, 2.45) is 0 Å². The van der Waals surface area contributed by atoms with Crippen LogP contribution in [0, 0.1) is 0 Å². The van der Waals surface area contributed by atoms with Crippen LogP contribution in [-0.4, -0.2) is 36.8 Å². The van der Waals surface area contributed by atoms with Crippen LogP contribution >= 0.6 is 0 Å². The van der Waals surface area contributed by atoms with E-state index >= 15 is 0 Å². The third kappa shape index (κ3) is 2.17. The van der Waals surface area contributed by atoms with Crippen molar-refractivity contribution < 1.29 is 4.74 Å². The lowest BCUT2D eigenvalue weighted by Gasteiger charge is -2.30. The Morgan fingerprint density at radius 1 is 1.33 bits per heavy atom. The summed E-state index contributed by atoms with van der Waals surface area (Å²) < 4.78 is 5.55. The molecule has 0 amide bonds. The van der Waals surface area contributed by atoms with Crippen LogP contribution in [0.1, 0.15) is 26.2 Å². The van der Waals surface area contributed by atoms with E-state index in [9.17, 15) is 0 Å². The molecule has 1 aromatic heterocycles. The van der Waals surface area contributed by atoms with Crippen molar-refractivity contribution in [1.29, 1.82) is 0 Å². The van der Waals surface area contributed by atoms with Crippen molar-refractivity contribution in [1.82, 2.24) is 10.3 Å². The van der Waals surface area contributed by atoms with Crippen LogP contribution in [0.5, 0.6) is 5.75 Å². The first kappa shape index (κ1) is 11.8. The van der Waals surface area contributed by atoms with Crippen LogP contribution in [0.2, 0.25) is 0 Å². The maximum absolute atomic E-state index is 5.55. The largest absolute Gasteiger partial charge is 0.492 e. The summed E-state index contributed by atoms with van der Waals surface area (Å²) in [5.41, 5.74) is 1.22. The molecule has 2 atom stereocenters. The van der Waals surface area contributed by atoms with E-state index in [1.165, 1.54) is 24.9 Å². The first-order chi connectivity index (χ1) is 8.88. The van der Waals surface area contributed by atoms with Crippen LogP contribution in [-0.2, 0) is 0 Å². The Labute approximate surface area is 108 Å². The number of nitrogens with zero attached hydrogens (tertiary/aromatic N) is 2. The summed E-state index contributed by atoms with van der Waals surface area (Å²) in [5, 5.41) is 3.52. The van der Waals surface area contributed by atoms with Crippen LogP contribution in [0.4, 0.5) is 5.69 Å². The quantitative estimate of drug-likeness (QED) is 0.884. The molecule has 0 radical (unpaired) electrons. The number of ether oxygens (including phenoxy) is 1. The third-order valence-electron chi connectivity index (χ3n) is 3.96. The average Bonchev–Trinajstić information content (AvgIpc) is 2.64. The maximum atomic E-state index is 5.55. The summed E-state index contributed by atoms with van der Waals surface area (Å²) in [6.07, 6.45) is 7.60. The van der Waals surface area contributed by atoms with Gasteiger partial charge in [0.2, 0.25) is 0 Å². The SMILES string of the molecule is CCOc1cncc(N2C3CCNCC2CC3)c1. The Kier molecular flexibility index (Phi) is 3.37. The molecule has 4 heteroatoms. The maximum Gasteiger partial charge on any atom is 0.139 e. The number of fused-ring (bicyclic) bond motifs is 2. The van der Waals surface area contributed by atoms with Gasteiger partial charge in [-0.05, 0) is 32.7 Å². The monoisotopic (exact) mass is 247 g/mol. The van der Waals surface area contributed by atoms with E-state index in [-0.39, 0.29) is 0 Å². The molecule has 2 aliphatic rings. The smallest absolute Gasteiger partial charge is 0.139 e. The van der Waals surface area contributed by atoms with Gasteiger partial charge in [0, 0.05) is 24.7 Å². The Bertz CT molecular complexity index is 396. The minimum atomic E-state index is 0.621. The summed E-state index contributed by atoms with van der Waals surface area (Å²) in [6.45, 7) is 4.93. The van der Waals surface area contributed by atoms with E-state index in [0.717, 1.165) is 18.8 Å². The van der Waals surface area contributed by atoms with Gasteiger partial charge in [0.15, 0.2) is 0 Å². The molecule has 2 fully saturated rings. The molecular weight excluding hydrogens is 226 g/mol. The van der Waals surface area contributed by atoms with Gasteiger partial charge in [0.25, 0.3) is 0 Å².